The van der Waals surface area contributed by atoms with E-state index in [1.165, 1.54) is 0 Å². The fraction of sp³-hybridized carbons (Fsp3) is 0.538. The molecular formula is C13H21NO2. The van der Waals surface area contributed by atoms with E-state index in [0.717, 1.165) is 17.1 Å². The van der Waals surface area contributed by atoms with Crippen molar-refractivity contribution in [3.63, 3.8) is 0 Å². The summed E-state index contributed by atoms with van der Waals surface area (Å²) in [6.45, 7) is 7.96. The molecule has 90 valence electrons. The molecule has 0 spiro atoms. The van der Waals surface area contributed by atoms with Gasteiger partial charge in [0.2, 0.25) is 0 Å². The van der Waals surface area contributed by atoms with E-state index in [1.807, 2.05) is 45.9 Å². The van der Waals surface area contributed by atoms with Gasteiger partial charge in [-0.2, -0.15) is 0 Å². The van der Waals surface area contributed by atoms with Crippen LogP contribution in [0.4, 0.5) is 0 Å². The Morgan fingerprint density at radius 2 is 1.75 bits per heavy atom. The SMILES string of the molecule is COc1cccc(OC(C)(C)C)c1[C@H](C)N. The van der Waals surface area contributed by atoms with E-state index in [4.69, 9.17) is 15.2 Å². The summed E-state index contributed by atoms with van der Waals surface area (Å²) in [6.07, 6.45) is 0. The Morgan fingerprint density at radius 3 is 2.19 bits per heavy atom. The predicted octanol–water partition coefficient (Wildman–Crippen LogP) is 2.89. The third-order valence-corrected chi connectivity index (χ3v) is 2.12. The van der Waals surface area contributed by atoms with E-state index in [-0.39, 0.29) is 11.6 Å². The Bertz CT molecular complexity index is 353. The lowest BCUT2D eigenvalue weighted by atomic mass is 10.1. The molecule has 2 N–H and O–H groups in total. The molecule has 1 aromatic rings. The number of benzene rings is 1. The van der Waals surface area contributed by atoms with Crippen molar-refractivity contribution in [2.45, 2.75) is 39.3 Å². The molecule has 0 saturated heterocycles. The van der Waals surface area contributed by atoms with Crippen molar-refractivity contribution >= 4 is 0 Å². The average Bonchev–Trinajstić information content (AvgIpc) is 2.14. The maximum atomic E-state index is 5.95. The molecule has 3 nitrogen and oxygen atoms in total. The lowest BCUT2D eigenvalue weighted by Gasteiger charge is -2.25. The van der Waals surface area contributed by atoms with E-state index in [2.05, 4.69) is 0 Å². The van der Waals surface area contributed by atoms with Gasteiger partial charge < -0.3 is 15.2 Å². The molecule has 0 aliphatic carbocycles. The number of nitrogens with two attached hydrogens (primary N) is 1. The van der Waals surface area contributed by atoms with Crippen molar-refractivity contribution in [1.82, 2.24) is 0 Å². The highest BCUT2D eigenvalue weighted by molar-refractivity contribution is 5.46. The quantitative estimate of drug-likeness (QED) is 0.857. The highest BCUT2D eigenvalue weighted by Gasteiger charge is 2.19. The maximum Gasteiger partial charge on any atom is 0.128 e. The highest BCUT2D eigenvalue weighted by Crippen LogP contribution is 2.34. The Kier molecular flexibility index (Phi) is 3.81. The molecule has 1 atom stereocenters. The van der Waals surface area contributed by atoms with E-state index >= 15 is 0 Å². The van der Waals surface area contributed by atoms with Crippen molar-refractivity contribution in [3.8, 4) is 11.5 Å². The van der Waals surface area contributed by atoms with Gasteiger partial charge in [-0.05, 0) is 39.8 Å². The van der Waals surface area contributed by atoms with Gasteiger partial charge in [0.1, 0.15) is 17.1 Å². The second-order valence-corrected chi connectivity index (χ2v) is 4.88. The van der Waals surface area contributed by atoms with Crippen LogP contribution in [0, 0.1) is 0 Å². The molecule has 0 aromatic heterocycles. The number of methoxy groups -OCH3 is 1. The molecule has 0 fully saturated rings. The normalized spacial score (nSPS) is 13.4. The van der Waals surface area contributed by atoms with Gasteiger partial charge in [-0.15, -0.1) is 0 Å². The lowest BCUT2D eigenvalue weighted by molar-refractivity contribution is 0.128. The molecule has 0 heterocycles. The van der Waals surface area contributed by atoms with Crippen LogP contribution in [-0.4, -0.2) is 12.7 Å². The molecule has 1 aromatic carbocycles. The molecule has 0 radical (unpaired) electrons. The average molecular weight is 223 g/mol. The Morgan fingerprint density at radius 1 is 1.19 bits per heavy atom. The smallest absolute Gasteiger partial charge is 0.128 e. The topological polar surface area (TPSA) is 44.5 Å². The molecule has 0 aliphatic heterocycles. The number of hydrogen-bond acceptors (Lipinski definition) is 3. The second-order valence-electron chi connectivity index (χ2n) is 4.88. The Balaban J connectivity index is 3.17. The molecule has 0 unspecified atom stereocenters. The molecular weight excluding hydrogens is 202 g/mol. The van der Waals surface area contributed by atoms with E-state index in [9.17, 15) is 0 Å². The van der Waals surface area contributed by atoms with Gasteiger partial charge in [0.15, 0.2) is 0 Å². The first kappa shape index (κ1) is 12.8. The number of hydrogen-bond donors (Lipinski definition) is 1. The summed E-state index contributed by atoms with van der Waals surface area (Å²) in [7, 11) is 1.64. The van der Waals surface area contributed by atoms with Crippen molar-refractivity contribution < 1.29 is 9.47 Å². The monoisotopic (exact) mass is 223 g/mol. The van der Waals surface area contributed by atoms with E-state index in [0.29, 0.717) is 0 Å². The third kappa shape index (κ3) is 3.14. The number of ether oxygens (including phenoxy) is 2. The molecule has 1 rings (SSSR count). The third-order valence-electron chi connectivity index (χ3n) is 2.12. The predicted molar refractivity (Wildman–Crippen MR) is 66.0 cm³/mol. The van der Waals surface area contributed by atoms with Crippen molar-refractivity contribution in [2.75, 3.05) is 7.11 Å². The zero-order valence-electron chi connectivity index (χ0n) is 10.7. The summed E-state index contributed by atoms with van der Waals surface area (Å²) in [5.41, 5.74) is 6.63. The summed E-state index contributed by atoms with van der Waals surface area (Å²) in [5.74, 6) is 1.57. The van der Waals surface area contributed by atoms with Gasteiger partial charge >= 0.3 is 0 Å². The van der Waals surface area contributed by atoms with E-state index in [1.54, 1.807) is 7.11 Å². The molecule has 0 saturated carbocycles. The van der Waals surface area contributed by atoms with Gasteiger partial charge in [-0.25, -0.2) is 0 Å². The fourth-order valence-electron chi connectivity index (χ4n) is 1.57. The van der Waals surface area contributed by atoms with Crippen molar-refractivity contribution in [3.05, 3.63) is 23.8 Å². The van der Waals surface area contributed by atoms with Gasteiger partial charge in [0, 0.05) is 6.04 Å². The van der Waals surface area contributed by atoms with Crippen LogP contribution in [0.1, 0.15) is 39.3 Å². The minimum absolute atomic E-state index is 0.117. The van der Waals surface area contributed by atoms with Crippen LogP contribution < -0.4 is 15.2 Å². The van der Waals surface area contributed by atoms with Gasteiger partial charge in [-0.3, -0.25) is 0 Å². The van der Waals surface area contributed by atoms with E-state index < -0.39 is 0 Å². The van der Waals surface area contributed by atoms with Gasteiger partial charge in [0.25, 0.3) is 0 Å². The molecule has 0 aliphatic rings. The van der Waals surface area contributed by atoms with Crippen LogP contribution in [0.25, 0.3) is 0 Å². The minimum Gasteiger partial charge on any atom is -0.496 e. The molecule has 0 amide bonds. The number of rotatable bonds is 3. The first-order chi connectivity index (χ1) is 7.35. The van der Waals surface area contributed by atoms with Crippen LogP contribution in [0.15, 0.2) is 18.2 Å². The summed E-state index contributed by atoms with van der Waals surface area (Å²) >= 11 is 0. The van der Waals surface area contributed by atoms with Crippen LogP contribution in [-0.2, 0) is 0 Å². The maximum absolute atomic E-state index is 5.95. The van der Waals surface area contributed by atoms with Gasteiger partial charge in [0.05, 0.1) is 12.7 Å². The Hall–Kier alpha value is -1.22. The highest BCUT2D eigenvalue weighted by atomic mass is 16.5. The molecule has 3 heteroatoms. The Labute approximate surface area is 97.6 Å². The fourth-order valence-corrected chi connectivity index (χ4v) is 1.57. The molecule has 0 bridgehead atoms. The first-order valence-electron chi connectivity index (χ1n) is 5.46. The first-order valence-corrected chi connectivity index (χ1v) is 5.46. The van der Waals surface area contributed by atoms with Crippen molar-refractivity contribution in [1.29, 1.82) is 0 Å². The van der Waals surface area contributed by atoms with Crippen LogP contribution in [0.3, 0.4) is 0 Å². The largest absolute Gasteiger partial charge is 0.496 e. The minimum atomic E-state index is -0.240. The van der Waals surface area contributed by atoms with Gasteiger partial charge in [-0.1, -0.05) is 6.07 Å². The summed E-state index contributed by atoms with van der Waals surface area (Å²) in [4.78, 5) is 0. The second kappa shape index (κ2) is 4.74. The summed E-state index contributed by atoms with van der Waals surface area (Å²) in [5, 5.41) is 0. The zero-order chi connectivity index (χ0) is 12.3. The van der Waals surface area contributed by atoms with Crippen LogP contribution in [0.5, 0.6) is 11.5 Å². The van der Waals surface area contributed by atoms with Crippen molar-refractivity contribution in [2.24, 2.45) is 5.73 Å². The van der Waals surface area contributed by atoms with Crippen LogP contribution in [0.2, 0.25) is 0 Å². The standard InChI is InChI=1S/C13H21NO2/c1-9(14)12-10(15-5)7-6-8-11(12)16-13(2,3)4/h6-9H,14H2,1-5H3/t9-/m0/s1. The lowest BCUT2D eigenvalue weighted by Crippen LogP contribution is -2.24. The summed E-state index contributed by atoms with van der Waals surface area (Å²) < 4.78 is 11.2. The molecule has 16 heavy (non-hydrogen) atoms. The zero-order valence-corrected chi connectivity index (χ0v) is 10.7. The summed E-state index contributed by atoms with van der Waals surface area (Å²) in [6, 6.07) is 5.61. The van der Waals surface area contributed by atoms with Crippen LogP contribution >= 0.6 is 0 Å².